The maximum absolute atomic E-state index is 12.9. The van der Waals surface area contributed by atoms with Crippen LogP contribution in [-0.2, 0) is 14.3 Å². The van der Waals surface area contributed by atoms with Crippen LogP contribution in [0.5, 0.6) is 0 Å². The van der Waals surface area contributed by atoms with Crippen molar-refractivity contribution in [3.63, 3.8) is 0 Å². The number of carbonyl (C=O) groups is 2. The van der Waals surface area contributed by atoms with Crippen LogP contribution in [0.15, 0.2) is 30.4 Å². The Kier molecular flexibility index (Phi) is 2.68. The molecule has 0 N–H and O–H groups in total. The van der Waals surface area contributed by atoms with E-state index in [-0.39, 0.29) is 16.8 Å². The third-order valence-corrected chi connectivity index (χ3v) is 5.41. The lowest BCUT2D eigenvalue weighted by Gasteiger charge is -2.25. The summed E-state index contributed by atoms with van der Waals surface area (Å²) in [6, 6.07) is 4.74. The molecule has 2 fully saturated rings. The maximum atomic E-state index is 12.9. The number of rotatable bonds is 1. The molecule has 2 amide bonds. The van der Waals surface area contributed by atoms with Crippen LogP contribution in [0.25, 0.3) is 0 Å². The van der Waals surface area contributed by atoms with Gasteiger partial charge in [0.25, 0.3) is 0 Å². The SMILES string of the molecule is C[C@]12C=C[C@](C)(O1)[C@H]1C(=O)N(c3ccc(Cl)cc3Cl)C(=O)[C@@H]12. The Hall–Kier alpha value is -1.36. The number of halogens is 2. The molecule has 114 valence electrons. The van der Waals surface area contributed by atoms with Crippen LogP contribution >= 0.6 is 23.2 Å². The van der Waals surface area contributed by atoms with Gasteiger partial charge in [-0.3, -0.25) is 9.59 Å². The van der Waals surface area contributed by atoms with Crippen LogP contribution in [0, 0.1) is 11.8 Å². The molecule has 4 rings (SSSR count). The van der Waals surface area contributed by atoms with Crippen LogP contribution in [0.3, 0.4) is 0 Å². The average molecular weight is 338 g/mol. The Labute approximate surface area is 137 Å². The van der Waals surface area contributed by atoms with Crippen LogP contribution in [0.2, 0.25) is 10.0 Å². The van der Waals surface area contributed by atoms with Crippen molar-refractivity contribution in [2.45, 2.75) is 25.0 Å². The van der Waals surface area contributed by atoms with E-state index in [2.05, 4.69) is 0 Å². The van der Waals surface area contributed by atoms with E-state index in [0.29, 0.717) is 10.7 Å². The highest BCUT2D eigenvalue weighted by molar-refractivity contribution is 6.38. The van der Waals surface area contributed by atoms with Crippen molar-refractivity contribution in [1.82, 2.24) is 0 Å². The normalized spacial score (nSPS) is 39.0. The molecule has 4 atom stereocenters. The van der Waals surface area contributed by atoms with Crippen LogP contribution < -0.4 is 4.90 Å². The van der Waals surface area contributed by atoms with Gasteiger partial charge < -0.3 is 4.74 Å². The fourth-order valence-electron chi connectivity index (χ4n) is 3.93. The number of carbonyl (C=O) groups excluding carboxylic acids is 2. The van der Waals surface area contributed by atoms with E-state index >= 15 is 0 Å². The van der Waals surface area contributed by atoms with E-state index in [4.69, 9.17) is 27.9 Å². The Morgan fingerprint density at radius 3 is 2.09 bits per heavy atom. The van der Waals surface area contributed by atoms with Crippen molar-refractivity contribution in [2.75, 3.05) is 4.90 Å². The van der Waals surface area contributed by atoms with Gasteiger partial charge in [0.1, 0.15) is 0 Å². The summed E-state index contributed by atoms with van der Waals surface area (Å²) in [5, 5.41) is 0.739. The van der Waals surface area contributed by atoms with Crippen molar-refractivity contribution in [1.29, 1.82) is 0 Å². The molecule has 2 saturated heterocycles. The second kappa shape index (κ2) is 4.13. The number of imide groups is 1. The Bertz CT molecular complexity index is 726. The van der Waals surface area contributed by atoms with E-state index in [1.807, 2.05) is 26.0 Å². The first kappa shape index (κ1) is 14.2. The number of amides is 2. The molecule has 1 aromatic rings. The lowest BCUT2D eigenvalue weighted by atomic mass is 9.73. The summed E-state index contributed by atoms with van der Waals surface area (Å²) >= 11 is 12.1. The van der Waals surface area contributed by atoms with Crippen LogP contribution in [0.4, 0.5) is 5.69 Å². The molecular weight excluding hydrogens is 325 g/mol. The summed E-state index contributed by atoms with van der Waals surface area (Å²) in [5.74, 6) is -1.56. The predicted octanol–water partition coefficient (Wildman–Crippen LogP) is 3.22. The number of fused-ring (bicyclic) bond motifs is 5. The molecule has 3 aliphatic rings. The van der Waals surface area contributed by atoms with E-state index in [9.17, 15) is 9.59 Å². The number of ether oxygens (including phenoxy) is 1. The van der Waals surface area contributed by atoms with Gasteiger partial charge in [0.2, 0.25) is 11.8 Å². The molecule has 0 radical (unpaired) electrons. The number of hydrogen-bond acceptors (Lipinski definition) is 3. The minimum atomic E-state index is -0.736. The van der Waals surface area contributed by atoms with Gasteiger partial charge in [-0.1, -0.05) is 35.4 Å². The zero-order valence-electron chi connectivity index (χ0n) is 12.0. The molecule has 6 heteroatoms. The average Bonchev–Trinajstić information content (AvgIpc) is 2.97. The molecule has 1 aromatic carbocycles. The van der Waals surface area contributed by atoms with Crippen LogP contribution in [0.1, 0.15) is 13.8 Å². The van der Waals surface area contributed by atoms with Crippen molar-refractivity contribution in [3.05, 3.63) is 40.4 Å². The molecule has 0 aromatic heterocycles. The topological polar surface area (TPSA) is 46.6 Å². The summed E-state index contributed by atoms with van der Waals surface area (Å²) in [7, 11) is 0. The van der Waals surface area contributed by atoms with Crippen molar-refractivity contribution < 1.29 is 14.3 Å². The van der Waals surface area contributed by atoms with Crippen molar-refractivity contribution >= 4 is 40.7 Å². The van der Waals surface area contributed by atoms with Crippen LogP contribution in [-0.4, -0.2) is 23.0 Å². The largest absolute Gasteiger partial charge is 0.359 e. The fourth-order valence-corrected chi connectivity index (χ4v) is 4.42. The van der Waals surface area contributed by atoms with Gasteiger partial charge >= 0.3 is 0 Å². The van der Waals surface area contributed by atoms with E-state index < -0.39 is 23.0 Å². The van der Waals surface area contributed by atoms with Gasteiger partial charge in [0.05, 0.1) is 33.7 Å². The number of nitrogens with zero attached hydrogens (tertiary/aromatic N) is 1. The highest BCUT2D eigenvalue weighted by Gasteiger charge is 2.70. The molecule has 3 aliphatic heterocycles. The first-order chi connectivity index (χ1) is 10.3. The molecule has 0 saturated carbocycles. The number of hydrogen-bond donors (Lipinski definition) is 0. The zero-order valence-corrected chi connectivity index (χ0v) is 13.5. The van der Waals surface area contributed by atoms with E-state index in [0.717, 1.165) is 0 Å². The van der Waals surface area contributed by atoms with Crippen molar-refractivity contribution in [3.8, 4) is 0 Å². The molecule has 22 heavy (non-hydrogen) atoms. The second-order valence-corrected chi connectivity index (χ2v) is 7.21. The molecular formula is C16H13Cl2NO3. The molecule has 3 heterocycles. The molecule has 0 aliphatic carbocycles. The Morgan fingerprint density at radius 1 is 1.05 bits per heavy atom. The summed E-state index contributed by atoms with van der Waals surface area (Å²) in [5.41, 5.74) is -1.10. The van der Waals surface area contributed by atoms with Gasteiger partial charge in [-0.05, 0) is 32.0 Å². The smallest absolute Gasteiger partial charge is 0.241 e. The van der Waals surface area contributed by atoms with E-state index in [1.165, 1.54) is 11.0 Å². The summed E-state index contributed by atoms with van der Waals surface area (Å²) < 4.78 is 5.96. The molecule has 2 bridgehead atoms. The number of benzene rings is 1. The lowest BCUT2D eigenvalue weighted by Crippen LogP contribution is -2.39. The molecule has 0 spiro atoms. The quantitative estimate of drug-likeness (QED) is 0.583. The summed E-state index contributed by atoms with van der Waals surface area (Å²) in [6.45, 7) is 3.69. The Morgan fingerprint density at radius 2 is 1.59 bits per heavy atom. The maximum Gasteiger partial charge on any atom is 0.241 e. The van der Waals surface area contributed by atoms with Gasteiger partial charge in [0, 0.05) is 5.02 Å². The third kappa shape index (κ3) is 1.58. The van der Waals surface area contributed by atoms with Gasteiger partial charge in [-0.2, -0.15) is 0 Å². The lowest BCUT2D eigenvalue weighted by molar-refractivity contribution is -0.128. The predicted molar refractivity (Wildman–Crippen MR) is 83.0 cm³/mol. The van der Waals surface area contributed by atoms with Gasteiger partial charge in [-0.15, -0.1) is 0 Å². The monoisotopic (exact) mass is 337 g/mol. The van der Waals surface area contributed by atoms with Gasteiger partial charge in [-0.25, -0.2) is 4.90 Å². The van der Waals surface area contributed by atoms with E-state index in [1.54, 1.807) is 12.1 Å². The minimum absolute atomic E-state index is 0.269. The highest BCUT2D eigenvalue weighted by atomic mass is 35.5. The fraction of sp³-hybridized carbons (Fsp3) is 0.375. The molecule has 4 nitrogen and oxygen atoms in total. The van der Waals surface area contributed by atoms with Crippen molar-refractivity contribution in [2.24, 2.45) is 11.8 Å². The third-order valence-electron chi connectivity index (χ3n) is 4.88. The summed E-state index contributed by atoms with van der Waals surface area (Å²) in [6.07, 6.45) is 3.76. The zero-order chi connectivity index (χ0) is 15.9. The highest BCUT2D eigenvalue weighted by Crippen LogP contribution is 2.57. The molecule has 0 unspecified atom stereocenters. The number of anilines is 1. The standard InChI is InChI=1S/C16H13Cl2NO3/c1-15-5-6-16(2,22-15)12-11(15)13(20)19(14(12)21)10-4-3-8(17)7-9(10)18/h3-7,11-12H,1-2H3/t11-,12-,15-,16+/m1/s1. The van der Waals surface area contributed by atoms with Gasteiger partial charge in [0.15, 0.2) is 0 Å². The summed E-state index contributed by atoms with van der Waals surface area (Å²) in [4.78, 5) is 26.9. The first-order valence-corrected chi connectivity index (χ1v) is 7.76. The second-order valence-electron chi connectivity index (χ2n) is 6.37. The minimum Gasteiger partial charge on any atom is -0.359 e. The Balaban J connectivity index is 1.83. The first-order valence-electron chi connectivity index (χ1n) is 7.00.